The normalized spacial score (nSPS) is 19.3. The smallest absolute Gasteiger partial charge is 0.407 e. The number of pyridine rings is 1. The topological polar surface area (TPSA) is 99.8 Å². The minimum absolute atomic E-state index is 0.113. The van der Waals surface area contributed by atoms with Gasteiger partial charge in [0, 0.05) is 42.1 Å². The number of piperazine rings is 1. The Hall–Kier alpha value is -3.82. The van der Waals surface area contributed by atoms with Crippen LogP contribution >= 0.6 is 0 Å². The van der Waals surface area contributed by atoms with Crippen molar-refractivity contribution in [1.82, 2.24) is 29.5 Å². The first-order chi connectivity index (χ1) is 14.9. The van der Waals surface area contributed by atoms with Crippen LogP contribution < -0.4 is 4.90 Å². The lowest BCUT2D eigenvalue weighted by atomic mass is 10.1. The molecule has 5 rings (SSSR count). The van der Waals surface area contributed by atoms with E-state index in [0.717, 1.165) is 16.6 Å². The fraction of sp³-hybridized carbons (Fsp3) is 0.286. The molecule has 31 heavy (non-hydrogen) atoms. The second-order valence-corrected chi connectivity index (χ2v) is 7.87. The molecule has 0 saturated carbocycles. The van der Waals surface area contributed by atoms with Crippen LogP contribution in [0.5, 0.6) is 0 Å². The fourth-order valence-electron chi connectivity index (χ4n) is 4.29. The van der Waals surface area contributed by atoms with Gasteiger partial charge < -0.3 is 10.0 Å². The lowest BCUT2D eigenvalue weighted by Crippen LogP contribution is -2.58. The van der Waals surface area contributed by atoms with E-state index in [9.17, 15) is 14.3 Å². The Morgan fingerprint density at radius 3 is 2.71 bits per heavy atom. The zero-order valence-electron chi connectivity index (χ0n) is 17.0. The van der Waals surface area contributed by atoms with Gasteiger partial charge in [-0.05, 0) is 38.1 Å². The third kappa shape index (κ3) is 3.29. The third-order valence-corrected chi connectivity index (χ3v) is 5.67. The Morgan fingerprint density at radius 1 is 1.19 bits per heavy atom. The molecule has 0 bridgehead atoms. The van der Waals surface area contributed by atoms with Crippen molar-refractivity contribution in [2.45, 2.75) is 25.9 Å². The van der Waals surface area contributed by atoms with Crippen molar-refractivity contribution < 1.29 is 14.3 Å². The second kappa shape index (κ2) is 7.15. The molecule has 1 aliphatic heterocycles. The third-order valence-electron chi connectivity index (χ3n) is 5.67. The van der Waals surface area contributed by atoms with Crippen LogP contribution in [0.1, 0.15) is 13.8 Å². The standard InChI is InChI=1S/C21H20FN7O2/c1-12-8-27(9-13(2)29(12)21(30)31)16-3-4-18-14(5-16)7-23-19(25-18)15-6-17(22)20-26-24-11-28(20)10-15/h3-7,10-13H,8-9H2,1-2H3,(H,30,31)/t12-,13-/m0/s1. The predicted molar refractivity (Wildman–Crippen MR) is 112 cm³/mol. The SMILES string of the molecule is C[C@H]1CN(c2ccc3nc(-c4cc(F)c5nncn5c4)ncc3c2)C[C@H](C)N1C(=O)O. The summed E-state index contributed by atoms with van der Waals surface area (Å²) in [7, 11) is 0. The van der Waals surface area contributed by atoms with E-state index in [1.54, 1.807) is 12.4 Å². The van der Waals surface area contributed by atoms with Gasteiger partial charge in [-0.2, -0.15) is 0 Å². The van der Waals surface area contributed by atoms with Crippen LogP contribution in [0.3, 0.4) is 0 Å². The highest BCUT2D eigenvalue weighted by atomic mass is 19.1. The average molecular weight is 421 g/mol. The number of hydrogen-bond donors (Lipinski definition) is 1. The van der Waals surface area contributed by atoms with E-state index < -0.39 is 11.9 Å². The number of anilines is 1. The van der Waals surface area contributed by atoms with Crippen LogP contribution in [0.2, 0.25) is 0 Å². The number of carbonyl (C=O) groups is 1. The molecule has 1 N–H and O–H groups in total. The zero-order valence-corrected chi connectivity index (χ0v) is 17.0. The Kier molecular flexibility index (Phi) is 4.42. The molecule has 158 valence electrons. The molecule has 0 unspecified atom stereocenters. The second-order valence-electron chi connectivity index (χ2n) is 7.87. The van der Waals surface area contributed by atoms with Gasteiger partial charge in [-0.1, -0.05) is 0 Å². The average Bonchev–Trinajstić information content (AvgIpc) is 3.21. The van der Waals surface area contributed by atoms with Gasteiger partial charge in [-0.25, -0.2) is 19.2 Å². The Labute approximate surface area is 176 Å². The van der Waals surface area contributed by atoms with Crippen LogP contribution in [-0.4, -0.2) is 65.8 Å². The number of fused-ring (bicyclic) bond motifs is 2. The number of benzene rings is 1. The van der Waals surface area contributed by atoms with Crippen LogP contribution in [-0.2, 0) is 0 Å². The van der Waals surface area contributed by atoms with Gasteiger partial charge in [-0.3, -0.25) is 9.30 Å². The van der Waals surface area contributed by atoms with Gasteiger partial charge in [0.25, 0.3) is 0 Å². The molecule has 3 aromatic heterocycles. The quantitative estimate of drug-likeness (QED) is 0.531. The molecule has 9 nitrogen and oxygen atoms in total. The molecule has 1 fully saturated rings. The highest BCUT2D eigenvalue weighted by Gasteiger charge is 2.32. The van der Waals surface area contributed by atoms with Crippen molar-refractivity contribution in [2.24, 2.45) is 0 Å². The van der Waals surface area contributed by atoms with E-state index in [0.29, 0.717) is 24.5 Å². The molecule has 0 aliphatic carbocycles. The molecular weight excluding hydrogens is 401 g/mol. The molecule has 1 saturated heterocycles. The summed E-state index contributed by atoms with van der Waals surface area (Å²) in [5, 5.41) is 17.7. The minimum atomic E-state index is -0.889. The molecule has 10 heteroatoms. The number of amides is 1. The largest absolute Gasteiger partial charge is 0.465 e. The predicted octanol–water partition coefficient (Wildman–Crippen LogP) is 3.06. The van der Waals surface area contributed by atoms with Gasteiger partial charge in [0.2, 0.25) is 0 Å². The highest BCUT2D eigenvalue weighted by molar-refractivity contribution is 5.83. The van der Waals surface area contributed by atoms with Crippen molar-refractivity contribution >= 4 is 28.3 Å². The van der Waals surface area contributed by atoms with Gasteiger partial charge in [0.1, 0.15) is 6.33 Å². The Morgan fingerprint density at radius 2 is 1.97 bits per heavy atom. The minimum Gasteiger partial charge on any atom is -0.465 e. The number of hydrogen-bond acceptors (Lipinski definition) is 6. The van der Waals surface area contributed by atoms with Gasteiger partial charge in [-0.15, -0.1) is 10.2 Å². The van der Waals surface area contributed by atoms with Gasteiger partial charge in [0.05, 0.1) is 17.6 Å². The number of rotatable bonds is 2. The van der Waals surface area contributed by atoms with Gasteiger partial charge in [0.15, 0.2) is 17.3 Å². The highest BCUT2D eigenvalue weighted by Crippen LogP contribution is 2.27. The summed E-state index contributed by atoms with van der Waals surface area (Å²) in [6.07, 6.45) is 3.95. The number of nitrogens with zero attached hydrogens (tertiary/aromatic N) is 7. The monoisotopic (exact) mass is 421 g/mol. The van der Waals surface area contributed by atoms with E-state index >= 15 is 0 Å². The molecule has 0 radical (unpaired) electrons. The maximum Gasteiger partial charge on any atom is 0.407 e. The molecule has 1 aromatic carbocycles. The van der Waals surface area contributed by atoms with E-state index in [2.05, 4.69) is 25.1 Å². The fourth-order valence-corrected chi connectivity index (χ4v) is 4.29. The molecular formula is C21H20FN7O2. The first-order valence-corrected chi connectivity index (χ1v) is 9.93. The lowest BCUT2D eigenvalue weighted by Gasteiger charge is -2.43. The van der Waals surface area contributed by atoms with E-state index in [1.165, 1.54) is 21.7 Å². The molecule has 0 spiro atoms. The van der Waals surface area contributed by atoms with Crippen molar-refractivity contribution in [1.29, 1.82) is 0 Å². The van der Waals surface area contributed by atoms with E-state index in [4.69, 9.17) is 0 Å². The lowest BCUT2D eigenvalue weighted by molar-refractivity contribution is 0.0983. The molecule has 4 aromatic rings. The van der Waals surface area contributed by atoms with Crippen molar-refractivity contribution in [3.8, 4) is 11.4 Å². The summed E-state index contributed by atoms with van der Waals surface area (Å²) < 4.78 is 15.8. The van der Waals surface area contributed by atoms with Crippen LogP contribution in [0.25, 0.3) is 27.9 Å². The first kappa shape index (κ1) is 19.2. The summed E-state index contributed by atoms with van der Waals surface area (Å²) in [5.41, 5.74) is 2.41. The number of halogens is 1. The maximum atomic E-state index is 14.3. The molecule has 1 aliphatic rings. The summed E-state index contributed by atoms with van der Waals surface area (Å²) in [6.45, 7) is 5.05. The molecule has 1 amide bonds. The van der Waals surface area contributed by atoms with Crippen molar-refractivity contribution in [3.05, 3.63) is 48.8 Å². The summed E-state index contributed by atoms with van der Waals surface area (Å²) in [6, 6.07) is 7.00. The maximum absolute atomic E-state index is 14.3. The van der Waals surface area contributed by atoms with Crippen LogP contribution in [0.4, 0.5) is 14.9 Å². The van der Waals surface area contributed by atoms with Crippen LogP contribution in [0.15, 0.2) is 43.0 Å². The van der Waals surface area contributed by atoms with E-state index in [1.807, 2.05) is 32.0 Å². The summed E-state index contributed by atoms with van der Waals surface area (Å²) in [4.78, 5) is 24.2. The number of aromatic nitrogens is 5. The molecule has 4 heterocycles. The van der Waals surface area contributed by atoms with E-state index in [-0.39, 0.29) is 17.7 Å². The Bertz CT molecular complexity index is 1300. The summed E-state index contributed by atoms with van der Waals surface area (Å²) in [5.74, 6) is -0.0788. The first-order valence-electron chi connectivity index (χ1n) is 9.93. The Balaban J connectivity index is 1.46. The molecule has 2 atom stereocenters. The van der Waals surface area contributed by atoms with Crippen molar-refractivity contribution in [2.75, 3.05) is 18.0 Å². The van der Waals surface area contributed by atoms with Crippen LogP contribution in [0, 0.1) is 5.82 Å². The number of carboxylic acid groups (broad SMARTS) is 1. The zero-order chi connectivity index (χ0) is 21.7. The van der Waals surface area contributed by atoms with Crippen molar-refractivity contribution in [3.63, 3.8) is 0 Å². The summed E-state index contributed by atoms with van der Waals surface area (Å²) >= 11 is 0. The van der Waals surface area contributed by atoms with Gasteiger partial charge >= 0.3 is 6.09 Å².